The third-order valence-corrected chi connectivity index (χ3v) is 10.5. The molecule has 0 bridgehead atoms. The minimum Gasteiger partial charge on any atom is -0.480 e. The molecule has 3 atom stereocenters. The van der Waals surface area contributed by atoms with Crippen LogP contribution in [0.5, 0.6) is 0 Å². The van der Waals surface area contributed by atoms with Gasteiger partial charge >= 0.3 is 12.1 Å². The largest absolute Gasteiger partial charge is 0.480 e. The quantitative estimate of drug-likeness (QED) is 0.267. The average molecular weight is 641 g/mol. The number of ether oxygens (including phenoxy) is 1. The predicted molar refractivity (Wildman–Crippen MR) is 170 cm³/mol. The predicted octanol–water partition coefficient (Wildman–Crippen LogP) is 4.65. The summed E-state index contributed by atoms with van der Waals surface area (Å²) < 4.78 is 5.43. The summed E-state index contributed by atoms with van der Waals surface area (Å²) in [5.74, 6) is -1.84. The first-order valence-electron chi connectivity index (χ1n) is 14.2. The van der Waals surface area contributed by atoms with E-state index in [-0.39, 0.29) is 60.9 Å². The number of carbonyl (C=O) groups excluding carboxylic acids is 4. The SMILES string of the molecule is C=C1CCC(N2Cc3c(NC(=O)OC[C@@H](C)SS[C@@H](C)CC(=O)N(CC(=O)O)Cc4ccccc4)cccc3C2=O)C(=O)N1. The van der Waals surface area contributed by atoms with Gasteiger partial charge in [0, 0.05) is 52.5 Å². The Bertz CT molecular complexity index is 1420. The Morgan fingerprint density at radius 1 is 1.11 bits per heavy atom. The lowest BCUT2D eigenvalue weighted by atomic mass is 10.0. The highest BCUT2D eigenvalue weighted by molar-refractivity contribution is 8.77. The van der Waals surface area contributed by atoms with Crippen LogP contribution < -0.4 is 10.6 Å². The van der Waals surface area contributed by atoms with Crippen LogP contribution in [-0.2, 0) is 32.2 Å². The van der Waals surface area contributed by atoms with E-state index in [9.17, 15) is 29.1 Å². The van der Waals surface area contributed by atoms with Gasteiger partial charge < -0.3 is 25.0 Å². The fourth-order valence-corrected chi connectivity index (χ4v) is 7.17. The van der Waals surface area contributed by atoms with Gasteiger partial charge in [-0.2, -0.15) is 0 Å². The zero-order chi connectivity index (χ0) is 31.8. The number of rotatable bonds is 13. The topological polar surface area (TPSA) is 145 Å². The monoisotopic (exact) mass is 640 g/mol. The molecule has 0 spiro atoms. The summed E-state index contributed by atoms with van der Waals surface area (Å²) in [4.78, 5) is 65.3. The minimum atomic E-state index is -1.07. The molecule has 11 nitrogen and oxygen atoms in total. The third-order valence-electron chi connectivity index (χ3n) is 7.12. The standard InChI is InChI=1S/C31H36N4O7S2/c1-19-12-13-26(29(39)32-19)35-16-24-23(30(35)40)10-7-11-25(24)33-31(41)42-18-21(3)44-43-20(2)14-27(36)34(17-28(37)38)15-22-8-5-4-6-9-22/h4-11,20-21,26H,1,12-18H2,2-3H3,(H,32,39)(H,33,41)(H,37,38)/t20-,21+,26?/m0/s1. The van der Waals surface area contributed by atoms with E-state index in [1.165, 1.54) is 31.4 Å². The summed E-state index contributed by atoms with van der Waals surface area (Å²) in [5, 5.41) is 14.5. The van der Waals surface area contributed by atoms with E-state index in [1.807, 2.05) is 44.2 Å². The maximum Gasteiger partial charge on any atom is 0.411 e. The molecule has 0 radical (unpaired) electrons. The zero-order valence-corrected chi connectivity index (χ0v) is 26.2. The molecule has 44 heavy (non-hydrogen) atoms. The zero-order valence-electron chi connectivity index (χ0n) is 24.6. The van der Waals surface area contributed by atoms with Gasteiger partial charge in [0.1, 0.15) is 19.2 Å². The lowest BCUT2D eigenvalue weighted by Crippen LogP contribution is -2.49. The molecule has 2 aliphatic heterocycles. The molecule has 13 heteroatoms. The van der Waals surface area contributed by atoms with Crippen LogP contribution in [0.25, 0.3) is 0 Å². The van der Waals surface area contributed by atoms with Gasteiger partial charge in [0.25, 0.3) is 5.91 Å². The van der Waals surface area contributed by atoms with Crippen molar-refractivity contribution in [2.75, 3.05) is 18.5 Å². The number of amides is 4. The summed E-state index contributed by atoms with van der Waals surface area (Å²) >= 11 is 0. The van der Waals surface area contributed by atoms with Crippen molar-refractivity contribution in [1.29, 1.82) is 0 Å². The van der Waals surface area contributed by atoms with Crippen LogP contribution in [0.2, 0.25) is 0 Å². The summed E-state index contributed by atoms with van der Waals surface area (Å²) in [6.07, 6.45) is 0.582. The molecule has 234 valence electrons. The number of carboxylic acids is 1. The van der Waals surface area contributed by atoms with E-state index in [4.69, 9.17) is 4.74 Å². The van der Waals surface area contributed by atoms with E-state index in [2.05, 4.69) is 17.2 Å². The first-order valence-corrected chi connectivity index (χ1v) is 16.5. The van der Waals surface area contributed by atoms with Crippen molar-refractivity contribution in [1.82, 2.24) is 15.1 Å². The fraction of sp³-hybridized carbons (Fsp3) is 0.387. The Kier molecular flexibility index (Phi) is 11.3. The number of anilines is 1. The lowest BCUT2D eigenvalue weighted by Gasteiger charge is -2.31. The number of carboxylic acid groups (broad SMARTS) is 1. The normalized spacial score (nSPS) is 17.4. The van der Waals surface area contributed by atoms with Crippen molar-refractivity contribution in [2.24, 2.45) is 0 Å². The number of piperidine rings is 1. The second-order valence-corrected chi connectivity index (χ2v) is 13.9. The molecule has 1 fully saturated rings. The van der Waals surface area contributed by atoms with Gasteiger partial charge in [-0.15, -0.1) is 0 Å². The van der Waals surface area contributed by atoms with Crippen molar-refractivity contribution >= 4 is 57.1 Å². The molecule has 3 N–H and O–H groups in total. The van der Waals surface area contributed by atoms with E-state index < -0.39 is 18.1 Å². The molecule has 4 rings (SSSR count). The van der Waals surface area contributed by atoms with E-state index in [0.29, 0.717) is 35.4 Å². The van der Waals surface area contributed by atoms with Crippen LogP contribution in [0.1, 0.15) is 54.6 Å². The highest BCUT2D eigenvalue weighted by Gasteiger charge is 2.39. The van der Waals surface area contributed by atoms with Crippen LogP contribution in [0, 0.1) is 0 Å². The number of nitrogens with zero attached hydrogens (tertiary/aromatic N) is 2. The third kappa shape index (κ3) is 8.79. The van der Waals surface area contributed by atoms with Crippen molar-refractivity contribution in [3.05, 3.63) is 77.5 Å². The average Bonchev–Trinajstić information content (AvgIpc) is 3.31. The number of aliphatic carboxylic acids is 1. The number of nitrogens with one attached hydrogen (secondary N) is 2. The maximum atomic E-state index is 13.1. The van der Waals surface area contributed by atoms with E-state index >= 15 is 0 Å². The van der Waals surface area contributed by atoms with Crippen molar-refractivity contribution in [3.63, 3.8) is 0 Å². The highest BCUT2D eigenvalue weighted by Crippen LogP contribution is 2.34. The maximum absolute atomic E-state index is 13.1. The van der Waals surface area contributed by atoms with Crippen LogP contribution in [-0.4, -0.2) is 74.4 Å². The smallest absolute Gasteiger partial charge is 0.411 e. The summed E-state index contributed by atoms with van der Waals surface area (Å²) in [5.41, 5.74) is 3.01. The second-order valence-electron chi connectivity index (χ2n) is 10.8. The van der Waals surface area contributed by atoms with Gasteiger partial charge in [0.15, 0.2) is 0 Å². The van der Waals surface area contributed by atoms with Gasteiger partial charge in [0.05, 0.1) is 0 Å². The molecule has 2 heterocycles. The van der Waals surface area contributed by atoms with Gasteiger partial charge in [0.2, 0.25) is 11.8 Å². The van der Waals surface area contributed by atoms with Crippen LogP contribution in [0.3, 0.4) is 0 Å². The number of fused-ring (bicyclic) bond motifs is 1. The Morgan fingerprint density at radius 2 is 1.84 bits per heavy atom. The van der Waals surface area contributed by atoms with Crippen molar-refractivity contribution in [3.8, 4) is 0 Å². The van der Waals surface area contributed by atoms with Gasteiger partial charge in [-0.3, -0.25) is 24.5 Å². The Morgan fingerprint density at radius 3 is 2.55 bits per heavy atom. The van der Waals surface area contributed by atoms with Crippen molar-refractivity contribution in [2.45, 2.75) is 62.7 Å². The number of carbonyl (C=O) groups is 5. The Balaban J connectivity index is 1.23. The first-order chi connectivity index (χ1) is 21.0. The van der Waals surface area contributed by atoms with E-state index in [0.717, 1.165) is 5.56 Å². The number of hydrogen-bond acceptors (Lipinski definition) is 8. The molecule has 0 saturated carbocycles. The fourth-order valence-electron chi connectivity index (χ4n) is 4.95. The van der Waals surface area contributed by atoms with Crippen LogP contribution in [0.15, 0.2) is 60.8 Å². The van der Waals surface area contributed by atoms with Crippen LogP contribution >= 0.6 is 21.6 Å². The van der Waals surface area contributed by atoms with Gasteiger partial charge in [-0.25, -0.2) is 4.79 Å². The molecule has 0 aliphatic carbocycles. The lowest BCUT2D eigenvalue weighted by molar-refractivity contribution is -0.144. The van der Waals surface area contributed by atoms with E-state index in [1.54, 1.807) is 18.2 Å². The summed E-state index contributed by atoms with van der Waals surface area (Å²) in [6, 6.07) is 13.7. The number of hydrogen-bond donors (Lipinski definition) is 3. The minimum absolute atomic E-state index is 0.0964. The number of allylic oxidation sites excluding steroid dienone is 1. The summed E-state index contributed by atoms with van der Waals surface area (Å²) in [7, 11) is 2.94. The molecule has 4 amide bonds. The Labute approximate surface area is 264 Å². The molecule has 1 saturated heterocycles. The van der Waals surface area contributed by atoms with Crippen LogP contribution in [0.4, 0.5) is 10.5 Å². The first kappa shape index (κ1) is 32.9. The molecular formula is C31H36N4O7S2. The highest BCUT2D eigenvalue weighted by atomic mass is 33.1. The molecule has 2 aliphatic rings. The molecular weight excluding hydrogens is 604 g/mol. The van der Waals surface area contributed by atoms with Crippen molar-refractivity contribution < 1.29 is 33.8 Å². The molecule has 1 unspecified atom stereocenters. The van der Waals surface area contributed by atoms with Gasteiger partial charge in [-0.1, -0.05) is 71.5 Å². The Hall–Kier alpha value is -3.97. The summed E-state index contributed by atoms with van der Waals surface area (Å²) in [6.45, 7) is 7.73. The number of benzene rings is 2. The van der Waals surface area contributed by atoms with Gasteiger partial charge in [-0.05, 0) is 37.5 Å². The molecule has 2 aromatic carbocycles. The second kappa shape index (κ2) is 15.2. The molecule has 2 aromatic rings. The molecule has 0 aromatic heterocycles.